The first-order valence-electron chi connectivity index (χ1n) is 40.1. The molecule has 0 heterocycles. The number of Topliss-reactive ketones (excluding diaryl/α,β-unsaturated/α-hetero) is 1. The maximum Gasteiger partial charge on any atom is 0.373 e. The van der Waals surface area contributed by atoms with Crippen LogP contribution in [-0.2, 0) is 120 Å². The number of hydrogen-bond donors (Lipinski definition) is 26. The molecule has 0 aliphatic heterocycles. The van der Waals surface area contributed by atoms with Gasteiger partial charge in [0.15, 0.2) is 29.7 Å². The highest BCUT2D eigenvalue weighted by atomic mass is 16.5. The number of hydrogen-bond acceptors (Lipinski definition) is 35. The predicted molar refractivity (Wildman–Crippen MR) is 463 cm³/mol. The third-order valence-electron chi connectivity index (χ3n) is 14.3. The Morgan fingerprint density at radius 3 is 0.794 bits per heavy atom. The molecule has 7 atom stereocenters. The molecule has 0 radical (unpaired) electrons. The van der Waals surface area contributed by atoms with Crippen molar-refractivity contribution < 1.29 is 253 Å². The maximum absolute atomic E-state index is 11.4. The van der Waals surface area contributed by atoms with Crippen LogP contribution in [0, 0.1) is 10.8 Å². The second kappa shape index (κ2) is 116. The van der Waals surface area contributed by atoms with Gasteiger partial charge in [0.2, 0.25) is 0 Å². The van der Waals surface area contributed by atoms with Crippen LogP contribution in [0.5, 0.6) is 0 Å². The first-order valence-corrected chi connectivity index (χ1v) is 40.1. The molecule has 51 nitrogen and oxygen atoms in total. The van der Waals surface area contributed by atoms with Crippen LogP contribution in [0.3, 0.4) is 0 Å². The number of ketones is 1. The van der Waals surface area contributed by atoms with E-state index in [4.69, 9.17) is 166 Å². The minimum absolute atomic E-state index is 0.0247. The van der Waals surface area contributed by atoms with Crippen LogP contribution in [0.25, 0.3) is 0 Å². The lowest BCUT2D eigenvalue weighted by molar-refractivity contribution is -0.193. The van der Waals surface area contributed by atoms with Gasteiger partial charge in [0.1, 0.15) is 18.3 Å². The van der Waals surface area contributed by atoms with E-state index in [9.17, 15) is 86.6 Å². The number of allylic oxidation sites excluding steroid dienone is 3. The van der Waals surface area contributed by atoms with E-state index >= 15 is 0 Å². The topological polar surface area (TPSA) is 953 Å². The van der Waals surface area contributed by atoms with Crippen molar-refractivity contribution in [3.63, 3.8) is 0 Å². The lowest BCUT2D eigenvalue weighted by Crippen LogP contribution is -2.39. The first kappa shape index (κ1) is 159. The van der Waals surface area contributed by atoms with Gasteiger partial charge in [-0.25, -0.2) is 47.9 Å². The van der Waals surface area contributed by atoms with Gasteiger partial charge in [-0.1, -0.05) is 212 Å². The van der Waals surface area contributed by atoms with E-state index in [1.54, 1.807) is 56.3 Å². The molecule has 0 saturated heterocycles. The second-order valence-corrected chi connectivity index (χ2v) is 27.6. The number of aliphatic hydroxyl groups is 10. The summed E-state index contributed by atoms with van der Waals surface area (Å²) < 4.78 is 0. The molecule has 51 heteroatoms. The largest absolute Gasteiger partial charge is 0.481 e. The summed E-state index contributed by atoms with van der Waals surface area (Å²) in [6.45, 7) is 17.3. The van der Waals surface area contributed by atoms with Crippen molar-refractivity contribution in [1.82, 2.24) is 0 Å². The standard InChI is InChI=1S/C18H36O2.C10H18O5.C8H8O3.C8H16O2.C6H12O4.C6H8O2.C5H8O5.C4H6O4.C4H4O4.C3H6O4.2C3H6O3.C3H4O2.4CO2/c1-2-3-4-5-6-7-8-9-10-11-12-13-14-15-16-17-18(19)20;1-10(2,6-11)9(15)7(12)4-3-5-8(13)14;9-7(8(10)11)6-4-2-1-3-5-6;1-2-3-4-5-6-7-8(9)10;1-6(2,3-7)4(8)5(9)10;1-2-3-4-5-6(7)8;1-5(10,4(8)9)2-3(6)7;2*5-3(6)1-2-4(7)8;4-1-2(5)3(6)7;2*1-2(4)3(5)6;1-2-3(4)5;4*2-1-3/h2-17H2,1H3,(H,19,20);9,11,15H,3-6H2,1-2H3,(H,13,14);1-5,7,9H,(H,10,11);2-7H2,1H3,(H,9,10);4,7-8H,3H2,1-2H3,(H,9,10);2-5H,1H3,(H,7,8);10H,2H2,1H3,(H,6,7)(H,8,9);1-2H2,(H,5,6)(H,7,8);1-2H,(H,5,6)(H,7,8);2,4-5H,1H2,(H,6,7);2*2,4H,1H3,(H,5,6);2H,1H2,(H,4,5);;;;/b;;;;;3-2+,5-4+;;;2-1-;;;;;;;;/t;9-;7-;;4-;;;;;3*2-;;;;;/m.00.0....000...../s1. The Kier molecular flexibility index (Phi) is 136. The molecular weight excluding hydrogens is 1840 g/mol. The quantitative estimate of drug-likeness (QED) is 0.0241. The lowest BCUT2D eigenvalue weighted by Gasteiger charge is -2.26. The van der Waals surface area contributed by atoms with Gasteiger partial charge in [0, 0.05) is 60.8 Å². The van der Waals surface area contributed by atoms with Gasteiger partial charge in [-0.05, 0) is 52.5 Å². The fraction of sp³-hybridized carbons (Fsp3) is 0.588. The molecule has 0 fully saturated rings. The van der Waals surface area contributed by atoms with Crippen molar-refractivity contribution in [3.8, 4) is 0 Å². The lowest BCUT2D eigenvalue weighted by atomic mass is 9.84. The van der Waals surface area contributed by atoms with Crippen LogP contribution in [0.1, 0.15) is 261 Å². The highest BCUT2D eigenvalue weighted by Crippen LogP contribution is 2.22. The van der Waals surface area contributed by atoms with Crippen LogP contribution < -0.4 is 0 Å². The third-order valence-corrected chi connectivity index (χ3v) is 14.3. The van der Waals surface area contributed by atoms with Crippen LogP contribution in [0.4, 0.5) is 0 Å². The number of aliphatic carboxylic acids is 16. The summed E-state index contributed by atoms with van der Waals surface area (Å²) in [4.78, 5) is 233. The van der Waals surface area contributed by atoms with Gasteiger partial charge in [-0.3, -0.25) is 33.6 Å². The number of carbonyl (C=O) groups is 17. The minimum atomic E-state index is -2.16. The number of benzene rings is 1. The zero-order chi connectivity index (χ0) is 111. The summed E-state index contributed by atoms with van der Waals surface area (Å²) in [6.07, 6.45) is 25.6. The molecule has 0 saturated carbocycles. The first-order chi connectivity index (χ1) is 62.8. The monoisotopic (exact) mass is 1970 g/mol. The van der Waals surface area contributed by atoms with Gasteiger partial charge < -0.3 is 133 Å². The summed E-state index contributed by atoms with van der Waals surface area (Å²) in [5.41, 5.74) is -3.60. The minimum Gasteiger partial charge on any atom is -0.481 e. The Hall–Kier alpha value is -13.5. The molecule has 0 amide bonds. The Balaban J connectivity index is -0.0000000823. The third kappa shape index (κ3) is 170. The van der Waals surface area contributed by atoms with Crippen molar-refractivity contribution in [3.05, 3.63) is 85.0 Å². The van der Waals surface area contributed by atoms with E-state index in [-0.39, 0.29) is 69.9 Å². The molecule has 0 spiro atoms. The zero-order valence-electron chi connectivity index (χ0n) is 77.4. The van der Waals surface area contributed by atoms with E-state index in [1.165, 1.54) is 137 Å². The smallest absolute Gasteiger partial charge is 0.373 e. The maximum atomic E-state index is 11.4. The van der Waals surface area contributed by atoms with Crippen molar-refractivity contribution in [2.45, 2.75) is 291 Å². The summed E-state index contributed by atoms with van der Waals surface area (Å²) >= 11 is 0. The molecule has 136 heavy (non-hydrogen) atoms. The molecule has 26 N–H and O–H groups in total. The Labute approximate surface area is 782 Å². The van der Waals surface area contributed by atoms with E-state index in [0.717, 1.165) is 44.8 Å². The van der Waals surface area contributed by atoms with Crippen molar-refractivity contribution in [2.75, 3.05) is 19.8 Å². The van der Waals surface area contributed by atoms with Crippen molar-refractivity contribution in [2.24, 2.45) is 10.8 Å². The van der Waals surface area contributed by atoms with Gasteiger partial charge in [0.05, 0.1) is 39.1 Å². The number of carbonyl (C=O) groups excluding carboxylic acids is 9. The van der Waals surface area contributed by atoms with Crippen LogP contribution in [0.2, 0.25) is 0 Å². The Morgan fingerprint density at radius 1 is 0.353 bits per heavy atom. The van der Waals surface area contributed by atoms with E-state index in [1.807, 2.05) is 6.92 Å². The zero-order valence-corrected chi connectivity index (χ0v) is 77.4. The average molecular weight is 1980 g/mol. The highest BCUT2D eigenvalue weighted by molar-refractivity contribution is 5.90. The molecule has 784 valence electrons. The highest BCUT2D eigenvalue weighted by Gasteiger charge is 2.34. The molecular formula is C85H138O51. The number of aliphatic hydroxyl groups excluding tert-OH is 9. The van der Waals surface area contributed by atoms with E-state index in [0.29, 0.717) is 30.6 Å². The van der Waals surface area contributed by atoms with Crippen LogP contribution in [-0.4, -0.2) is 315 Å². The fourth-order valence-corrected chi connectivity index (χ4v) is 6.85. The molecule has 0 bridgehead atoms. The van der Waals surface area contributed by atoms with Crippen LogP contribution in [0.15, 0.2) is 79.4 Å². The summed E-state index contributed by atoms with van der Waals surface area (Å²) in [5, 5.41) is 214. The summed E-state index contributed by atoms with van der Waals surface area (Å²) in [7, 11) is 0. The Bertz CT molecular complexity index is 3470. The number of rotatable bonds is 49. The van der Waals surface area contributed by atoms with Gasteiger partial charge in [0.25, 0.3) is 0 Å². The summed E-state index contributed by atoms with van der Waals surface area (Å²) in [6, 6.07) is 8.26. The molecule has 0 aromatic heterocycles. The fourth-order valence-electron chi connectivity index (χ4n) is 6.85. The van der Waals surface area contributed by atoms with Crippen LogP contribution >= 0.6 is 0 Å². The molecule has 1 aromatic carbocycles. The van der Waals surface area contributed by atoms with Crippen molar-refractivity contribution in [1.29, 1.82) is 0 Å². The molecule has 1 aromatic rings. The van der Waals surface area contributed by atoms with Gasteiger partial charge in [-0.15, -0.1) is 0 Å². The van der Waals surface area contributed by atoms with E-state index in [2.05, 4.69) is 20.4 Å². The Morgan fingerprint density at radius 2 is 0.618 bits per heavy atom. The summed E-state index contributed by atoms with van der Waals surface area (Å²) in [5.74, 6) is -18.4. The molecule has 0 aliphatic rings. The van der Waals surface area contributed by atoms with E-state index < -0.39 is 167 Å². The number of carboxylic acid groups (broad SMARTS) is 16. The van der Waals surface area contributed by atoms with Gasteiger partial charge >= 0.3 is 120 Å². The van der Waals surface area contributed by atoms with Gasteiger partial charge in [-0.2, -0.15) is 38.4 Å². The predicted octanol–water partition coefficient (Wildman–Crippen LogP) is 4.61. The number of carboxylic acids is 16. The average Bonchev–Trinajstić information content (AvgIpc) is 0.858. The van der Waals surface area contributed by atoms with Crippen molar-refractivity contribution >= 4 is 126 Å². The normalized spacial score (nSPS) is 11.1. The number of unbranched alkanes of at least 4 members (excludes halogenated alkanes) is 18. The molecule has 1 rings (SSSR count). The second-order valence-electron chi connectivity index (χ2n) is 27.6. The molecule has 0 aliphatic carbocycles. The SMILES string of the molecule is C/C=C/C=C/C(=O)O.C=CC(=O)O.CC(C)(CO)[C@@H](O)C(=O)CCCC(=O)O.CC(C)(CO)[C@@H](O)C(=O)O.CC(O)(CC(=O)O)C(=O)O.CCCCCCCC(=O)O.CCCCCCCCCCCCCCCCCC(=O)O.C[C@H](O)C(=O)O.C[C@H](O)C(=O)O.O=C(O)/C=C\C(=O)O.O=C(O)CCC(=O)O.O=C(O)[C@@H](O)CO.O=C(O)[C@@H](O)c1ccccc1.O=C=O.O=C=O.O=C=O.O=C=O. The molecule has 1 unspecified atom stereocenters.